The number of amides is 2. The number of rotatable bonds is 5. The number of fused-ring (bicyclic) bond motifs is 1. The largest absolute Gasteiger partial charge is 0.368 e. The molecule has 0 unspecified atom stereocenters. The van der Waals surface area contributed by atoms with E-state index in [2.05, 4.69) is 25.9 Å². The fourth-order valence-corrected chi connectivity index (χ4v) is 3.01. The van der Waals surface area contributed by atoms with Crippen LogP contribution in [-0.2, 0) is 11.3 Å². The number of aromatic nitrogens is 2. The van der Waals surface area contributed by atoms with Gasteiger partial charge in [-0.3, -0.25) is 9.59 Å². The summed E-state index contributed by atoms with van der Waals surface area (Å²) in [5, 5.41) is 0. The van der Waals surface area contributed by atoms with Crippen LogP contribution < -0.4 is 5.73 Å². The van der Waals surface area contributed by atoms with Gasteiger partial charge in [0.05, 0.1) is 29.0 Å². The van der Waals surface area contributed by atoms with Crippen LogP contribution in [0.5, 0.6) is 0 Å². The molecule has 2 aromatic carbocycles. The third kappa shape index (κ3) is 4.49. The molecule has 7 heteroatoms. The predicted molar refractivity (Wildman–Crippen MR) is 107 cm³/mol. The smallest absolute Gasteiger partial charge is 0.254 e. The average Bonchev–Trinajstić information content (AvgIpc) is 2.62. The predicted octanol–water partition coefficient (Wildman–Crippen LogP) is 3.14. The number of carbonyl (C=O) groups is 2. The first kappa shape index (κ1) is 19.0. The summed E-state index contributed by atoms with van der Waals surface area (Å²) >= 11 is 3.38. The number of nitrogens with zero attached hydrogens (tertiary/aromatic N) is 3. The summed E-state index contributed by atoms with van der Waals surface area (Å²) < 4.78 is 0.942. The fourth-order valence-electron chi connectivity index (χ4n) is 2.74. The van der Waals surface area contributed by atoms with Crippen LogP contribution in [0.15, 0.2) is 46.9 Å². The van der Waals surface area contributed by atoms with E-state index in [4.69, 9.17) is 5.73 Å². The second-order valence-corrected chi connectivity index (χ2v) is 7.27. The maximum absolute atomic E-state index is 13.0. The Kier molecular flexibility index (Phi) is 5.51. The topological polar surface area (TPSA) is 89.2 Å². The van der Waals surface area contributed by atoms with E-state index < -0.39 is 5.91 Å². The molecule has 1 heterocycles. The Morgan fingerprint density at radius 2 is 1.63 bits per heavy atom. The summed E-state index contributed by atoms with van der Waals surface area (Å²) in [6, 6.07) is 12.7. The zero-order valence-electron chi connectivity index (χ0n) is 15.1. The highest BCUT2D eigenvalue weighted by atomic mass is 79.9. The van der Waals surface area contributed by atoms with Crippen LogP contribution in [0.4, 0.5) is 0 Å². The van der Waals surface area contributed by atoms with Crippen LogP contribution >= 0.6 is 15.9 Å². The van der Waals surface area contributed by atoms with Crippen molar-refractivity contribution in [2.45, 2.75) is 20.4 Å². The lowest BCUT2D eigenvalue weighted by molar-refractivity contribution is -0.118. The lowest BCUT2D eigenvalue weighted by Gasteiger charge is -2.21. The molecule has 0 aliphatic rings. The summed E-state index contributed by atoms with van der Waals surface area (Å²) in [4.78, 5) is 34.9. The molecule has 138 valence electrons. The van der Waals surface area contributed by atoms with Crippen molar-refractivity contribution in [1.29, 1.82) is 0 Å². The molecule has 6 nitrogen and oxygen atoms in total. The zero-order chi connectivity index (χ0) is 19.6. The standard InChI is InChI=1S/C20H19BrN4O2/c1-12-13(2)24-18-9-15(5-8-17(18)23-12)20(27)25(11-19(22)26)10-14-3-6-16(21)7-4-14/h3-9H,10-11H2,1-2H3,(H2,22,26). The molecule has 0 saturated carbocycles. The number of halogens is 1. The van der Waals surface area contributed by atoms with Crippen LogP contribution in [0, 0.1) is 13.8 Å². The number of hydrogen-bond acceptors (Lipinski definition) is 4. The third-order valence-electron chi connectivity index (χ3n) is 4.24. The van der Waals surface area contributed by atoms with Crippen molar-refractivity contribution in [3.05, 3.63) is 69.5 Å². The molecule has 0 atom stereocenters. The third-order valence-corrected chi connectivity index (χ3v) is 4.77. The molecule has 2 amide bonds. The first-order chi connectivity index (χ1) is 12.8. The monoisotopic (exact) mass is 426 g/mol. The van der Waals surface area contributed by atoms with E-state index in [1.807, 2.05) is 38.1 Å². The zero-order valence-corrected chi connectivity index (χ0v) is 16.7. The first-order valence-electron chi connectivity index (χ1n) is 8.40. The Bertz CT molecular complexity index is 1020. The molecule has 1 aromatic heterocycles. The second kappa shape index (κ2) is 7.84. The van der Waals surface area contributed by atoms with Crippen molar-refractivity contribution in [3.8, 4) is 0 Å². The van der Waals surface area contributed by atoms with Crippen LogP contribution in [0.3, 0.4) is 0 Å². The SMILES string of the molecule is Cc1nc2ccc(C(=O)N(CC(N)=O)Cc3ccc(Br)cc3)cc2nc1C. The number of nitrogens with two attached hydrogens (primary N) is 1. The van der Waals surface area contributed by atoms with E-state index in [0.29, 0.717) is 11.1 Å². The highest BCUT2D eigenvalue weighted by molar-refractivity contribution is 9.10. The molecule has 27 heavy (non-hydrogen) atoms. The van der Waals surface area contributed by atoms with Gasteiger partial charge in [-0.2, -0.15) is 0 Å². The lowest BCUT2D eigenvalue weighted by Crippen LogP contribution is -2.38. The average molecular weight is 427 g/mol. The van der Waals surface area contributed by atoms with Crippen LogP contribution in [0.25, 0.3) is 11.0 Å². The van der Waals surface area contributed by atoms with Gasteiger partial charge < -0.3 is 10.6 Å². The van der Waals surface area contributed by atoms with E-state index >= 15 is 0 Å². The van der Waals surface area contributed by atoms with Gasteiger partial charge >= 0.3 is 0 Å². The van der Waals surface area contributed by atoms with Crippen LogP contribution in [0.2, 0.25) is 0 Å². The van der Waals surface area contributed by atoms with Gasteiger partial charge in [-0.25, -0.2) is 9.97 Å². The van der Waals surface area contributed by atoms with E-state index in [9.17, 15) is 9.59 Å². The maximum atomic E-state index is 13.0. The van der Waals surface area contributed by atoms with E-state index in [0.717, 1.165) is 26.9 Å². The maximum Gasteiger partial charge on any atom is 0.254 e. The summed E-state index contributed by atoms with van der Waals surface area (Å²) in [6.07, 6.45) is 0. The highest BCUT2D eigenvalue weighted by Gasteiger charge is 2.19. The minimum atomic E-state index is -0.562. The Hall–Kier alpha value is -2.80. The summed E-state index contributed by atoms with van der Waals surface area (Å²) in [5.74, 6) is -0.842. The number of primary amides is 1. The summed E-state index contributed by atoms with van der Waals surface area (Å²) in [7, 11) is 0. The molecule has 0 radical (unpaired) electrons. The van der Waals surface area contributed by atoms with Crippen molar-refractivity contribution >= 4 is 38.8 Å². The fraction of sp³-hybridized carbons (Fsp3) is 0.200. The van der Waals surface area contributed by atoms with Gasteiger partial charge in [-0.15, -0.1) is 0 Å². The Balaban J connectivity index is 1.92. The molecule has 0 saturated heterocycles. The first-order valence-corrected chi connectivity index (χ1v) is 9.20. The minimum absolute atomic E-state index is 0.161. The van der Waals surface area contributed by atoms with Crippen LogP contribution in [-0.4, -0.2) is 33.2 Å². The molecule has 0 spiro atoms. The van der Waals surface area contributed by atoms with Crippen molar-refractivity contribution in [1.82, 2.24) is 14.9 Å². The van der Waals surface area contributed by atoms with E-state index in [-0.39, 0.29) is 19.0 Å². The molecule has 0 fully saturated rings. The van der Waals surface area contributed by atoms with Gasteiger partial charge in [0, 0.05) is 16.6 Å². The van der Waals surface area contributed by atoms with Gasteiger partial charge in [0.15, 0.2) is 0 Å². The molecule has 3 rings (SSSR count). The Morgan fingerprint density at radius 3 is 2.26 bits per heavy atom. The van der Waals surface area contributed by atoms with Crippen molar-refractivity contribution < 1.29 is 9.59 Å². The molecule has 0 aliphatic heterocycles. The summed E-state index contributed by atoms with van der Waals surface area (Å²) in [6.45, 7) is 3.90. The van der Waals surface area contributed by atoms with Crippen LogP contribution in [0.1, 0.15) is 27.3 Å². The van der Waals surface area contributed by atoms with Crippen molar-refractivity contribution in [2.24, 2.45) is 5.73 Å². The Labute approximate surface area is 165 Å². The lowest BCUT2D eigenvalue weighted by atomic mass is 10.1. The van der Waals surface area contributed by atoms with Crippen molar-refractivity contribution in [3.63, 3.8) is 0 Å². The van der Waals surface area contributed by atoms with Gasteiger partial charge in [0.2, 0.25) is 5.91 Å². The summed E-state index contributed by atoms with van der Waals surface area (Å²) in [5.41, 5.74) is 9.74. The van der Waals surface area contributed by atoms with Gasteiger partial charge in [-0.1, -0.05) is 28.1 Å². The molecule has 0 bridgehead atoms. The van der Waals surface area contributed by atoms with Gasteiger partial charge in [0.25, 0.3) is 5.91 Å². The number of carbonyl (C=O) groups excluding carboxylic acids is 2. The van der Waals surface area contributed by atoms with Crippen molar-refractivity contribution in [2.75, 3.05) is 6.54 Å². The van der Waals surface area contributed by atoms with Gasteiger partial charge in [0.1, 0.15) is 0 Å². The van der Waals surface area contributed by atoms with E-state index in [1.54, 1.807) is 18.2 Å². The molecule has 0 aliphatic carbocycles. The second-order valence-electron chi connectivity index (χ2n) is 6.35. The Morgan fingerprint density at radius 1 is 1.00 bits per heavy atom. The van der Waals surface area contributed by atoms with E-state index in [1.165, 1.54) is 4.90 Å². The molecular formula is C20H19BrN4O2. The number of hydrogen-bond donors (Lipinski definition) is 1. The normalized spacial score (nSPS) is 10.8. The number of aryl methyl sites for hydroxylation is 2. The highest BCUT2D eigenvalue weighted by Crippen LogP contribution is 2.18. The number of benzene rings is 2. The molecule has 2 N–H and O–H groups in total. The van der Waals surface area contributed by atoms with Gasteiger partial charge in [-0.05, 0) is 49.7 Å². The quantitative estimate of drug-likeness (QED) is 0.678. The minimum Gasteiger partial charge on any atom is -0.368 e. The molecule has 3 aromatic rings. The molecular weight excluding hydrogens is 408 g/mol.